The summed E-state index contributed by atoms with van der Waals surface area (Å²) in [4.78, 5) is 0. The maximum Gasteiger partial charge on any atom is 0.0657 e. The van der Waals surface area contributed by atoms with Crippen LogP contribution in [0.5, 0.6) is 0 Å². The maximum atomic E-state index is 4.56. The minimum atomic E-state index is 0.629. The fraction of sp³-hybridized carbons (Fsp3) is 0.769. The third-order valence-electron chi connectivity index (χ3n) is 3.70. The highest BCUT2D eigenvalue weighted by Gasteiger charge is 2.33. The molecule has 1 aromatic heterocycles. The molecule has 0 aromatic carbocycles. The average Bonchev–Trinajstić information content (AvgIpc) is 2.80. The molecule has 3 nitrogen and oxygen atoms in total. The predicted octanol–water partition coefficient (Wildman–Crippen LogP) is 2.23. The summed E-state index contributed by atoms with van der Waals surface area (Å²) in [6.45, 7) is 6.74. The van der Waals surface area contributed by atoms with Gasteiger partial charge in [-0.15, -0.1) is 0 Å². The van der Waals surface area contributed by atoms with Crippen LogP contribution in [0, 0.1) is 0 Å². The molecule has 0 spiro atoms. The van der Waals surface area contributed by atoms with Crippen molar-refractivity contribution in [2.45, 2.75) is 58.0 Å². The first-order valence-electron chi connectivity index (χ1n) is 6.44. The average molecular weight is 221 g/mol. The van der Waals surface area contributed by atoms with E-state index in [1.807, 2.05) is 11.7 Å². The molecule has 0 amide bonds. The molecule has 1 aliphatic rings. The van der Waals surface area contributed by atoms with E-state index in [1.54, 1.807) is 0 Å². The molecule has 3 unspecified atom stereocenters. The molecule has 0 saturated carbocycles. The van der Waals surface area contributed by atoms with Gasteiger partial charge in [0.1, 0.15) is 0 Å². The van der Waals surface area contributed by atoms with E-state index in [2.05, 4.69) is 37.4 Å². The Morgan fingerprint density at radius 2 is 2.25 bits per heavy atom. The molecule has 0 bridgehead atoms. The molecular weight excluding hydrogens is 198 g/mol. The zero-order valence-electron chi connectivity index (χ0n) is 10.8. The predicted molar refractivity (Wildman–Crippen MR) is 66.6 cm³/mol. The summed E-state index contributed by atoms with van der Waals surface area (Å²) in [6.07, 6.45) is 5.70. The summed E-state index contributed by atoms with van der Waals surface area (Å²) in [5.41, 5.74) is 2.75. The van der Waals surface area contributed by atoms with E-state index in [1.165, 1.54) is 24.1 Å². The summed E-state index contributed by atoms with van der Waals surface area (Å²) in [5, 5.41) is 8.23. The van der Waals surface area contributed by atoms with Crippen LogP contribution in [0.1, 0.15) is 50.8 Å². The fourth-order valence-electron chi connectivity index (χ4n) is 2.98. The number of hydrogen-bond donors (Lipinski definition) is 1. The van der Waals surface area contributed by atoms with Crippen LogP contribution in [-0.2, 0) is 13.5 Å². The Hall–Kier alpha value is -0.830. The van der Waals surface area contributed by atoms with E-state index in [9.17, 15) is 0 Å². The lowest BCUT2D eigenvalue weighted by Crippen LogP contribution is -2.28. The summed E-state index contributed by atoms with van der Waals surface area (Å²) in [6, 6.07) is 1.27. The number of nitrogens with zero attached hydrogens (tertiary/aromatic N) is 2. The Morgan fingerprint density at radius 1 is 1.50 bits per heavy atom. The van der Waals surface area contributed by atoms with E-state index in [0.29, 0.717) is 18.0 Å². The van der Waals surface area contributed by atoms with Crippen molar-refractivity contribution >= 4 is 0 Å². The summed E-state index contributed by atoms with van der Waals surface area (Å²) in [5.74, 6) is 0.656. The van der Waals surface area contributed by atoms with Crippen LogP contribution in [0.15, 0.2) is 6.20 Å². The molecule has 3 atom stereocenters. The first-order chi connectivity index (χ1) is 7.65. The van der Waals surface area contributed by atoms with E-state index in [-0.39, 0.29) is 0 Å². The van der Waals surface area contributed by atoms with Crippen molar-refractivity contribution < 1.29 is 0 Å². The SMILES string of the molecule is CCc1nn(C)cc1C1CC(C)NC1CC. The van der Waals surface area contributed by atoms with Gasteiger partial charge in [-0.05, 0) is 31.7 Å². The van der Waals surface area contributed by atoms with Crippen LogP contribution in [0.2, 0.25) is 0 Å². The van der Waals surface area contributed by atoms with E-state index < -0.39 is 0 Å². The first-order valence-corrected chi connectivity index (χ1v) is 6.44. The highest BCUT2D eigenvalue weighted by Crippen LogP contribution is 2.34. The zero-order chi connectivity index (χ0) is 11.7. The van der Waals surface area contributed by atoms with Gasteiger partial charge in [-0.25, -0.2) is 0 Å². The van der Waals surface area contributed by atoms with Gasteiger partial charge in [0.25, 0.3) is 0 Å². The van der Waals surface area contributed by atoms with E-state index >= 15 is 0 Å². The van der Waals surface area contributed by atoms with Crippen LogP contribution in [-0.4, -0.2) is 21.9 Å². The van der Waals surface area contributed by atoms with Crippen molar-refractivity contribution in [3.05, 3.63) is 17.5 Å². The van der Waals surface area contributed by atoms with Gasteiger partial charge in [0.2, 0.25) is 0 Å². The molecule has 2 rings (SSSR count). The summed E-state index contributed by atoms with van der Waals surface area (Å²) in [7, 11) is 2.02. The molecule has 3 heteroatoms. The zero-order valence-corrected chi connectivity index (χ0v) is 10.8. The van der Waals surface area contributed by atoms with Crippen molar-refractivity contribution in [3.63, 3.8) is 0 Å². The second-order valence-electron chi connectivity index (χ2n) is 4.98. The topological polar surface area (TPSA) is 29.9 Å². The van der Waals surface area contributed by atoms with Crippen molar-refractivity contribution in [3.8, 4) is 0 Å². The maximum absolute atomic E-state index is 4.56. The molecule has 2 heterocycles. The quantitative estimate of drug-likeness (QED) is 0.848. The molecule has 1 aromatic rings. The molecule has 0 radical (unpaired) electrons. The van der Waals surface area contributed by atoms with E-state index in [4.69, 9.17) is 0 Å². The van der Waals surface area contributed by atoms with Crippen LogP contribution in [0.3, 0.4) is 0 Å². The minimum absolute atomic E-state index is 0.629. The van der Waals surface area contributed by atoms with Crippen LogP contribution in [0.25, 0.3) is 0 Å². The van der Waals surface area contributed by atoms with Gasteiger partial charge < -0.3 is 5.32 Å². The summed E-state index contributed by atoms with van der Waals surface area (Å²) >= 11 is 0. The summed E-state index contributed by atoms with van der Waals surface area (Å²) < 4.78 is 1.96. The standard InChI is InChI=1S/C13H23N3/c1-5-12-10(7-9(3)14-12)11-8-16(4)15-13(11)6-2/h8-10,12,14H,5-7H2,1-4H3. The molecule has 0 aliphatic carbocycles. The third kappa shape index (κ3) is 2.01. The van der Waals surface area contributed by atoms with Gasteiger partial charge in [-0.2, -0.15) is 5.10 Å². The Bertz CT molecular complexity index is 356. The molecule has 1 fully saturated rings. The second kappa shape index (κ2) is 4.58. The minimum Gasteiger partial charge on any atom is -0.311 e. The monoisotopic (exact) mass is 221 g/mol. The number of aryl methyl sites for hydroxylation is 2. The van der Waals surface area contributed by atoms with Crippen LogP contribution < -0.4 is 5.32 Å². The van der Waals surface area contributed by atoms with Gasteiger partial charge in [0.05, 0.1) is 5.69 Å². The Kier molecular flexibility index (Phi) is 3.33. The molecule has 1 N–H and O–H groups in total. The number of nitrogens with one attached hydrogen (secondary N) is 1. The number of aromatic nitrogens is 2. The first kappa shape index (κ1) is 11.6. The van der Waals surface area contributed by atoms with Crippen molar-refractivity contribution in [2.24, 2.45) is 7.05 Å². The van der Waals surface area contributed by atoms with E-state index in [0.717, 1.165) is 6.42 Å². The van der Waals surface area contributed by atoms with Crippen LogP contribution in [0.4, 0.5) is 0 Å². The number of rotatable bonds is 3. The van der Waals surface area contributed by atoms with Gasteiger partial charge in [-0.3, -0.25) is 4.68 Å². The van der Waals surface area contributed by atoms with Crippen molar-refractivity contribution in [2.75, 3.05) is 0 Å². The van der Waals surface area contributed by atoms with Crippen molar-refractivity contribution in [1.82, 2.24) is 15.1 Å². The molecule has 1 aliphatic heterocycles. The smallest absolute Gasteiger partial charge is 0.0657 e. The normalized spacial score (nSPS) is 29.9. The lowest BCUT2D eigenvalue weighted by atomic mass is 9.89. The fourth-order valence-corrected chi connectivity index (χ4v) is 2.98. The highest BCUT2D eigenvalue weighted by atomic mass is 15.3. The van der Waals surface area contributed by atoms with Crippen LogP contribution >= 0.6 is 0 Å². The van der Waals surface area contributed by atoms with Gasteiger partial charge >= 0.3 is 0 Å². The highest BCUT2D eigenvalue weighted by molar-refractivity contribution is 5.25. The molecule has 16 heavy (non-hydrogen) atoms. The second-order valence-corrected chi connectivity index (χ2v) is 4.98. The Morgan fingerprint density at radius 3 is 2.88 bits per heavy atom. The lowest BCUT2D eigenvalue weighted by Gasteiger charge is -2.17. The molecule has 90 valence electrons. The number of hydrogen-bond acceptors (Lipinski definition) is 2. The molecule has 1 saturated heterocycles. The Balaban J connectivity index is 2.28. The molecular formula is C13H23N3. The van der Waals surface area contributed by atoms with Gasteiger partial charge in [0, 0.05) is 31.2 Å². The Labute approximate surface area is 98.2 Å². The lowest BCUT2D eigenvalue weighted by molar-refractivity contribution is 0.515. The largest absolute Gasteiger partial charge is 0.311 e. The van der Waals surface area contributed by atoms with Crippen molar-refractivity contribution in [1.29, 1.82) is 0 Å². The third-order valence-corrected chi connectivity index (χ3v) is 3.70. The van der Waals surface area contributed by atoms with Gasteiger partial charge in [-0.1, -0.05) is 13.8 Å². The van der Waals surface area contributed by atoms with Gasteiger partial charge in [0.15, 0.2) is 0 Å².